The molecule has 0 fully saturated rings. The van der Waals surface area contributed by atoms with E-state index < -0.39 is 18.1 Å². The van der Waals surface area contributed by atoms with Gasteiger partial charge in [-0.2, -0.15) is 0 Å². The molecule has 0 aliphatic carbocycles. The molecule has 2 atom stereocenters. The second-order valence-electron chi connectivity index (χ2n) is 5.28. The summed E-state index contributed by atoms with van der Waals surface area (Å²) in [6.45, 7) is 3.70. The molecule has 1 aromatic carbocycles. The number of carbonyl (C=O) groups is 2. The molecule has 110 valence electrons. The van der Waals surface area contributed by atoms with E-state index in [1.807, 2.05) is 13.8 Å². The summed E-state index contributed by atoms with van der Waals surface area (Å²) in [6.07, 6.45) is -1.27. The van der Waals surface area contributed by atoms with E-state index in [0.717, 1.165) is 0 Å². The summed E-state index contributed by atoms with van der Waals surface area (Å²) in [5.74, 6) is -0.810. The molecule has 0 aliphatic rings. The molecule has 5 nitrogen and oxygen atoms in total. The van der Waals surface area contributed by atoms with Crippen molar-refractivity contribution in [3.63, 3.8) is 0 Å². The van der Waals surface area contributed by atoms with Gasteiger partial charge < -0.3 is 15.3 Å². The molecule has 0 bridgehead atoms. The minimum atomic E-state index is -1.27. The van der Waals surface area contributed by atoms with E-state index in [2.05, 4.69) is 5.32 Å². The molecule has 0 saturated heterocycles. The number of aliphatic hydroxyl groups is 1. The van der Waals surface area contributed by atoms with Crippen LogP contribution in [0.3, 0.4) is 0 Å². The molecular formula is C15H22N2O3. The van der Waals surface area contributed by atoms with E-state index in [4.69, 9.17) is 0 Å². The smallest absolute Gasteiger partial charge is 0.254 e. The monoisotopic (exact) mass is 278 g/mol. The Bertz CT molecular complexity index is 457. The Hall–Kier alpha value is -1.88. The van der Waals surface area contributed by atoms with Crippen molar-refractivity contribution < 1.29 is 14.7 Å². The maximum atomic E-state index is 12.1. The van der Waals surface area contributed by atoms with Crippen LogP contribution < -0.4 is 5.32 Å². The molecule has 1 unspecified atom stereocenters. The summed E-state index contributed by atoms with van der Waals surface area (Å²) in [4.78, 5) is 25.5. The van der Waals surface area contributed by atoms with E-state index in [-0.39, 0.29) is 11.8 Å². The number of nitrogens with zero attached hydrogens (tertiary/aromatic N) is 1. The Morgan fingerprint density at radius 1 is 1.15 bits per heavy atom. The summed E-state index contributed by atoms with van der Waals surface area (Å²) in [7, 11) is 3.27. The SMILES string of the molecule is CC(C)C(NC(=O)[C@H](O)c1ccccc1)C(=O)N(C)C. The van der Waals surface area contributed by atoms with Crippen molar-refractivity contribution in [1.29, 1.82) is 0 Å². The maximum Gasteiger partial charge on any atom is 0.254 e. The van der Waals surface area contributed by atoms with Crippen molar-refractivity contribution in [2.45, 2.75) is 26.0 Å². The van der Waals surface area contributed by atoms with Gasteiger partial charge in [0.1, 0.15) is 6.04 Å². The van der Waals surface area contributed by atoms with Gasteiger partial charge in [0.25, 0.3) is 5.91 Å². The van der Waals surface area contributed by atoms with Gasteiger partial charge in [-0.05, 0) is 11.5 Å². The summed E-state index contributed by atoms with van der Waals surface area (Å²) in [5.41, 5.74) is 0.504. The van der Waals surface area contributed by atoms with E-state index >= 15 is 0 Å². The molecule has 0 radical (unpaired) electrons. The summed E-state index contributed by atoms with van der Waals surface area (Å²) in [5, 5.41) is 12.6. The first-order valence-electron chi connectivity index (χ1n) is 6.59. The predicted molar refractivity (Wildman–Crippen MR) is 76.9 cm³/mol. The van der Waals surface area contributed by atoms with Crippen molar-refractivity contribution in [3.05, 3.63) is 35.9 Å². The number of hydrogen-bond acceptors (Lipinski definition) is 3. The van der Waals surface area contributed by atoms with Crippen LogP contribution in [0.25, 0.3) is 0 Å². The number of aliphatic hydroxyl groups excluding tert-OH is 1. The summed E-state index contributed by atoms with van der Waals surface area (Å²) < 4.78 is 0. The van der Waals surface area contributed by atoms with E-state index in [1.54, 1.807) is 44.4 Å². The number of rotatable bonds is 5. The highest BCUT2D eigenvalue weighted by Gasteiger charge is 2.28. The highest BCUT2D eigenvalue weighted by molar-refractivity contribution is 5.89. The minimum absolute atomic E-state index is 0.0585. The lowest BCUT2D eigenvalue weighted by Gasteiger charge is -2.25. The van der Waals surface area contributed by atoms with Gasteiger partial charge >= 0.3 is 0 Å². The van der Waals surface area contributed by atoms with Gasteiger partial charge in [0.05, 0.1) is 0 Å². The third-order valence-corrected chi connectivity index (χ3v) is 3.03. The van der Waals surface area contributed by atoms with E-state index in [1.165, 1.54) is 4.90 Å². The molecule has 2 amide bonds. The fourth-order valence-corrected chi connectivity index (χ4v) is 1.81. The molecule has 2 N–H and O–H groups in total. The molecular weight excluding hydrogens is 256 g/mol. The minimum Gasteiger partial charge on any atom is -0.378 e. The normalized spacial score (nSPS) is 13.7. The molecule has 0 aromatic heterocycles. The van der Waals surface area contributed by atoms with Gasteiger partial charge in [-0.3, -0.25) is 9.59 Å². The Kier molecular flexibility index (Phi) is 5.70. The third kappa shape index (κ3) is 4.06. The van der Waals surface area contributed by atoms with Crippen molar-refractivity contribution in [1.82, 2.24) is 10.2 Å². The number of hydrogen-bond donors (Lipinski definition) is 2. The first-order valence-corrected chi connectivity index (χ1v) is 6.59. The topological polar surface area (TPSA) is 69.6 Å². The number of amides is 2. The van der Waals surface area contributed by atoms with Gasteiger partial charge in [-0.25, -0.2) is 0 Å². The molecule has 5 heteroatoms. The van der Waals surface area contributed by atoms with Crippen LogP contribution in [-0.4, -0.2) is 42.0 Å². The van der Waals surface area contributed by atoms with Gasteiger partial charge in [0, 0.05) is 14.1 Å². The molecule has 20 heavy (non-hydrogen) atoms. The quantitative estimate of drug-likeness (QED) is 0.842. The second-order valence-corrected chi connectivity index (χ2v) is 5.28. The lowest BCUT2D eigenvalue weighted by molar-refractivity contribution is -0.138. The summed E-state index contributed by atoms with van der Waals surface area (Å²) in [6, 6.07) is 8.00. The fraction of sp³-hybridized carbons (Fsp3) is 0.467. The van der Waals surface area contributed by atoms with E-state index in [0.29, 0.717) is 5.56 Å². The average molecular weight is 278 g/mol. The van der Waals surface area contributed by atoms with E-state index in [9.17, 15) is 14.7 Å². The Morgan fingerprint density at radius 3 is 2.15 bits per heavy atom. The van der Waals surface area contributed by atoms with Crippen LogP contribution in [0.4, 0.5) is 0 Å². The third-order valence-electron chi connectivity index (χ3n) is 3.03. The van der Waals surface area contributed by atoms with Crippen LogP contribution in [0, 0.1) is 5.92 Å². The number of nitrogens with one attached hydrogen (secondary N) is 1. The first-order chi connectivity index (χ1) is 9.34. The largest absolute Gasteiger partial charge is 0.378 e. The fourth-order valence-electron chi connectivity index (χ4n) is 1.81. The standard InChI is InChI=1S/C15H22N2O3/c1-10(2)12(15(20)17(3)4)16-14(19)13(18)11-8-6-5-7-9-11/h5-10,12-13,18H,1-4H3,(H,16,19)/t12?,13-/m1/s1. The van der Waals surface area contributed by atoms with Crippen molar-refractivity contribution in [3.8, 4) is 0 Å². The zero-order valence-electron chi connectivity index (χ0n) is 12.3. The summed E-state index contributed by atoms with van der Waals surface area (Å²) >= 11 is 0. The number of benzene rings is 1. The molecule has 0 saturated carbocycles. The van der Waals surface area contributed by atoms with Crippen LogP contribution in [0.1, 0.15) is 25.5 Å². The zero-order valence-corrected chi connectivity index (χ0v) is 12.3. The van der Waals surface area contributed by atoms with Crippen molar-refractivity contribution in [2.24, 2.45) is 5.92 Å². The van der Waals surface area contributed by atoms with Gasteiger partial charge in [-0.15, -0.1) is 0 Å². The molecule has 1 aromatic rings. The maximum absolute atomic E-state index is 12.1. The highest BCUT2D eigenvalue weighted by atomic mass is 16.3. The van der Waals surface area contributed by atoms with Crippen LogP contribution in [-0.2, 0) is 9.59 Å². The second kappa shape index (κ2) is 7.05. The average Bonchev–Trinajstić information content (AvgIpc) is 2.43. The van der Waals surface area contributed by atoms with Crippen LogP contribution in [0.15, 0.2) is 30.3 Å². The Balaban J connectivity index is 2.79. The van der Waals surface area contributed by atoms with Crippen LogP contribution in [0.2, 0.25) is 0 Å². The first kappa shape index (κ1) is 16.2. The molecule has 0 heterocycles. The van der Waals surface area contributed by atoms with Gasteiger partial charge in [0.2, 0.25) is 5.91 Å². The van der Waals surface area contributed by atoms with Crippen LogP contribution in [0.5, 0.6) is 0 Å². The lowest BCUT2D eigenvalue weighted by atomic mass is 10.0. The molecule has 0 aliphatic heterocycles. The highest BCUT2D eigenvalue weighted by Crippen LogP contribution is 2.13. The van der Waals surface area contributed by atoms with Gasteiger partial charge in [-0.1, -0.05) is 44.2 Å². The predicted octanol–water partition coefficient (Wildman–Crippen LogP) is 0.949. The zero-order chi connectivity index (χ0) is 15.3. The lowest BCUT2D eigenvalue weighted by Crippen LogP contribution is -2.50. The number of likely N-dealkylation sites (N-methyl/N-ethyl adjacent to an activating group) is 1. The molecule has 1 rings (SSSR count). The van der Waals surface area contributed by atoms with Crippen LogP contribution >= 0.6 is 0 Å². The van der Waals surface area contributed by atoms with Crippen molar-refractivity contribution in [2.75, 3.05) is 14.1 Å². The number of carbonyl (C=O) groups excluding carboxylic acids is 2. The van der Waals surface area contributed by atoms with Gasteiger partial charge in [0.15, 0.2) is 6.10 Å². The van der Waals surface area contributed by atoms with Crippen molar-refractivity contribution >= 4 is 11.8 Å². The Morgan fingerprint density at radius 2 is 1.70 bits per heavy atom. The Labute approximate surface area is 119 Å². The molecule has 0 spiro atoms.